The van der Waals surface area contributed by atoms with Crippen molar-refractivity contribution in [2.45, 2.75) is 5.37 Å². The van der Waals surface area contributed by atoms with Gasteiger partial charge >= 0.3 is 0 Å². The standard InChI is InChI=1S/C11H16N2O2S/c1-12(2)5-6-13-10(14)8-16-11(13)9-4-3-7-15-9/h3-4,7,11H,5-6,8H2,1-2H3. The highest BCUT2D eigenvalue weighted by Gasteiger charge is 2.34. The highest BCUT2D eigenvalue weighted by Crippen LogP contribution is 2.38. The molecule has 0 bridgehead atoms. The molecule has 0 radical (unpaired) electrons. The molecule has 1 fully saturated rings. The van der Waals surface area contributed by atoms with Crippen molar-refractivity contribution in [1.82, 2.24) is 9.80 Å². The van der Waals surface area contributed by atoms with E-state index in [9.17, 15) is 4.79 Å². The minimum atomic E-state index is 0.0578. The van der Waals surface area contributed by atoms with Gasteiger partial charge in [-0.05, 0) is 26.2 Å². The number of hydrogen-bond donors (Lipinski definition) is 0. The van der Waals surface area contributed by atoms with E-state index in [1.807, 2.05) is 31.1 Å². The lowest BCUT2D eigenvalue weighted by Gasteiger charge is -2.23. The number of hydrogen-bond acceptors (Lipinski definition) is 4. The molecule has 88 valence electrons. The molecule has 2 heterocycles. The van der Waals surface area contributed by atoms with E-state index >= 15 is 0 Å². The minimum Gasteiger partial charge on any atom is -0.466 e. The molecule has 0 aliphatic carbocycles. The predicted octanol–water partition coefficient (Wildman–Crippen LogP) is 1.42. The minimum absolute atomic E-state index is 0.0578. The van der Waals surface area contributed by atoms with Crippen LogP contribution in [0.4, 0.5) is 0 Å². The fourth-order valence-electron chi connectivity index (χ4n) is 1.67. The van der Waals surface area contributed by atoms with E-state index in [0.717, 1.165) is 18.8 Å². The third kappa shape index (κ3) is 2.41. The Kier molecular flexibility index (Phi) is 3.56. The molecular weight excluding hydrogens is 224 g/mol. The van der Waals surface area contributed by atoms with Gasteiger partial charge in [0.1, 0.15) is 11.1 Å². The van der Waals surface area contributed by atoms with Gasteiger partial charge in [-0.15, -0.1) is 11.8 Å². The molecule has 2 rings (SSSR count). The van der Waals surface area contributed by atoms with E-state index in [1.165, 1.54) is 0 Å². The Morgan fingerprint density at radius 3 is 3.06 bits per heavy atom. The zero-order valence-electron chi connectivity index (χ0n) is 9.55. The summed E-state index contributed by atoms with van der Waals surface area (Å²) in [6.45, 7) is 1.63. The Morgan fingerprint density at radius 1 is 1.62 bits per heavy atom. The van der Waals surface area contributed by atoms with Crippen LogP contribution in [-0.2, 0) is 4.79 Å². The summed E-state index contributed by atoms with van der Waals surface area (Å²) in [6, 6.07) is 3.79. The molecule has 1 amide bonds. The van der Waals surface area contributed by atoms with Crippen molar-refractivity contribution in [3.63, 3.8) is 0 Å². The van der Waals surface area contributed by atoms with Crippen LogP contribution in [0.15, 0.2) is 22.8 Å². The first-order valence-electron chi connectivity index (χ1n) is 5.27. The zero-order valence-corrected chi connectivity index (χ0v) is 10.4. The zero-order chi connectivity index (χ0) is 11.5. The number of carbonyl (C=O) groups excluding carboxylic acids is 1. The van der Waals surface area contributed by atoms with E-state index in [4.69, 9.17) is 4.42 Å². The van der Waals surface area contributed by atoms with E-state index < -0.39 is 0 Å². The van der Waals surface area contributed by atoms with Crippen molar-refractivity contribution in [3.8, 4) is 0 Å². The average Bonchev–Trinajstić information content (AvgIpc) is 2.83. The smallest absolute Gasteiger partial charge is 0.233 e. The summed E-state index contributed by atoms with van der Waals surface area (Å²) in [5, 5.41) is 0.0578. The van der Waals surface area contributed by atoms with Crippen LogP contribution in [0.3, 0.4) is 0 Å². The molecule has 1 aliphatic heterocycles. The summed E-state index contributed by atoms with van der Waals surface area (Å²) in [7, 11) is 4.02. The Hall–Kier alpha value is -0.940. The molecular formula is C11H16N2O2S. The van der Waals surface area contributed by atoms with Crippen molar-refractivity contribution < 1.29 is 9.21 Å². The summed E-state index contributed by atoms with van der Waals surface area (Å²) in [5.74, 6) is 1.63. The van der Waals surface area contributed by atoms with Gasteiger partial charge in [-0.3, -0.25) is 4.79 Å². The van der Waals surface area contributed by atoms with Gasteiger partial charge in [0.05, 0.1) is 12.0 Å². The third-order valence-corrected chi connectivity index (χ3v) is 3.76. The van der Waals surface area contributed by atoms with Gasteiger partial charge in [0.25, 0.3) is 0 Å². The second-order valence-electron chi connectivity index (χ2n) is 4.07. The maximum Gasteiger partial charge on any atom is 0.233 e. The Balaban J connectivity index is 2.04. The lowest BCUT2D eigenvalue weighted by Crippen LogP contribution is -2.34. The van der Waals surface area contributed by atoms with Crippen molar-refractivity contribution in [3.05, 3.63) is 24.2 Å². The number of furan rings is 1. The van der Waals surface area contributed by atoms with Gasteiger partial charge in [0, 0.05) is 13.1 Å². The van der Waals surface area contributed by atoms with Crippen LogP contribution in [0, 0.1) is 0 Å². The fraction of sp³-hybridized carbons (Fsp3) is 0.545. The SMILES string of the molecule is CN(C)CCN1C(=O)CSC1c1ccco1. The van der Waals surface area contributed by atoms with Crippen molar-refractivity contribution >= 4 is 17.7 Å². The van der Waals surface area contributed by atoms with Gasteiger partial charge in [-0.1, -0.05) is 0 Å². The largest absolute Gasteiger partial charge is 0.466 e. The molecule has 0 saturated carbocycles. The van der Waals surface area contributed by atoms with Crippen molar-refractivity contribution in [2.24, 2.45) is 0 Å². The molecule has 1 unspecified atom stereocenters. The molecule has 0 spiro atoms. The third-order valence-electron chi connectivity index (χ3n) is 2.54. The Labute approximate surface area is 99.6 Å². The molecule has 1 aliphatic rings. The summed E-state index contributed by atoms with van der Waals surface area (Å²) in [5.41, 5.74) is 0. The quantitative estimate of drug-likeness (QED) is 0.797. The summed E-state index contributed by atoms with van der Waals surface area (Å²) in [6.07, 6.45) is 1.66. The number of rotatable bonds is 4. The number of nitrogens with zero attached hydrogens (tertiary/aromatic N) is 2. The van der Waals surface area contributed by atoms with Crippen LogP contribution in [0.25, 0.3) is 0 Å². The highest BCUT2D eigenvalue weighted by atomic mass is 32.2. The van der Waals surface area contributed by atoms with Gasteiger partial charge < -0.3 is 14.2 Å². The summed E-state index contributed by atoms with van der Waals surface area (Å²) >= 11 is 1.63. The molecule has 0 aromatic carbocycles. The van der Waals surface area contributed by atoms with Crippen LogP contribution in [0.5, 0.6) is 0 Å². The number of likely N-dealkylation sites (N-methyl/N-ethyl adjacent to an activating group) is 1. The molecule has 0 N–H and O–H groups in total. The van der Waals surface area contributed by atoms with Crippen molar-refractivity contribution in [2.75, 3.05) is 32.9 Å². The first-order chi connectivity index (χ1) is 7.68. The van der Waals surface area contributed by atoms with E-state index in [2.05, 4.69) is 4.90 Å². The first kappa shape index (κ1) is 11.5. The molecule has 1 aromatic heterocycles. The Morgan fingerprint density at radius 2 is 2.44 bits per heavy atom. The van der Waals surface area contributed by atoms with Crippen LogP contribution >= 0.6 is 11.8 Å². The van der Waals surface area contributed by atoms with E-state index in [0.29, 0.717) is 5.75 Å². The molecule has 1 aromatic rings. The van der Waals surface area contributed by atoms with E-state index in [-0.39, 0.29) is 11.3 Å². The second-order valence-corrected chi connectivity index (χ2v) is 5.14. The lowest BCUT2D eigenvalue weighted by atomic mass is 10.3. The van der Waals surface area contributed by atoms with Gasteiger partial charge in [-0.2, -0.15) is 0 Å². The van der Waals surface area contributed by atoms with Crippen LogP contribution in [0.1, 0.15) is 11.1 Å². The Bertz CT molecular complexity index is 351. The topological polar surface area (TPSA) is 36.7 Å². The van der Waals surface area contributed by atoms with Crippen LogP contribution in [-0.4, -0.2) is 48.6 Å². The monoisotopic (exact) mass is 240 g/mol. The molecule has 1 saturated heterocycles. The predicted molar refractivity (Wildman–Crippen MR) is 64.2 cm³/mol. The van der Waals surface area contributed by atoms with Crippen molar-refractivity contribution in [1.29, 1.82) is 0 Å². The molecule has 5 heteroatoms. The average molecular weight is 240 g/mol. The van der Waals surface area contributed by atoms with Gasteiger partial charge in [0.15, 0.2) is 0 Å². The first-order valence-corrected chi connectivity index (χ1v) is 6.32. The maximum atomic E-state index is 11.7. The summed E-state index contributed by atoms with van der Waals surface area (Å²) < 4.78 is 5.37. The van der Waals surface area contributed by atoms with Gasteiger partial charge in [0.2, 0.25) is 5.91 Å². The number of carbonyl (C=O) groups is 1. The number of amides is 1. The molecule has 4 nitrogen and oxygen atoms in total. The van der Waals surface area contributed by atoms with Gasteiger partial charge in [-0.25, -0.2) is 0 Å². The number of thioether (sulfide) groups is 1. The maximum absolute atomic E-state index is 11.7. The van der Waals surface area contributed by atoms with Crippen LogP contribution < -0.4 is 0 Å². The molecule has 1 atom stereocenters. The highest BCUT2D eigenvalue weighted by molar-refractivity contribution is 8.00. The summed E-state index contributed by atoms with van der Waals surface area (Å²) in [4.78, 5) is 15.7. The van der Waals surface area contributed by atoms with Crippen LogP contribution in [0.2, 0.25) is 0 Å². The second kappa shape index (κ2) is 4.93. The van der Waals surface area contributed by atoms with E-state index in [1.54, 1.807) is 18.0 Å². The normalized spacial score (nSPS) is 21.1. The lowest BCUT2D eigenvalue weighted by molar-refractivity contribution is -0.128. The fourth-order valence-corrected chi connectivity index (χ4v) is 2.84. The molecule has 16 heavy (non-hydrogen) atoms.